The molecule has 0 saturated carbocycles. The molecule has 6 heteroatoms. The van der Waals surface area contributed by atoms with E-state index in [1.165, 1.54) is 19.2 Å². The molecule has 2 aromatic rings. The van der Waals surface area contributed by atoms with Gasteiger partial charge in [0.05, 0.1) is 24.7 Å². The van der Waals surface area contributed by atoms with Crippen molar-refractivity contribution in [3.8, 4) is 16.9 Å². The summed E-state index contributed by atoms with van der Waals surface area (Å²) in [6.07, 6.45) is 2.75. The average molecular weight is 419 g/mol. The Hall–Kier alpha value is -2.37. The number of methoxy groups -OCH3 is 1. The Kier molecular flexibility index (Phi) is 6.60. The molecule has 154 valence electrons. The number of carbonyl (C=O) groups excluding carboxylic acids is 1. The molecule has 1 aliphatic heterocycles. The zero-order chi connectivity index (χ0) is 21.1. The third-order valence-electron chi connectivity index (χ3n) is 4.93. The van der Waals surface area contributed by atoms with Gasteiger partial charge in [-0.3, -0.25) is 4.79 Å². The van der Waals surface area contributed by atoms with E-state index >= 15 is 0 Å². The summed E-state index contributed by atoms with van der Waals surface area (Å²) in [6, 6.07) is 7.99. The molecule has 2 aromatic carbocycles. The molecule has 1 saturated heterocycles. The highest BCUT2D eigenvalue weighted by Crippen LogP contribution is 2.43. The number of aliphatic hydroxyl groups excluding tert-OH is 1. The van der Waals surface area contributed by atoms with Crippen LogP contribution < -0.4 is 4.74 Å². The first kappa shape index (κ1) is 21.3. The zero-order valence-corrected chi connectivity index (χ0v) is 17.4. The van der Waals surface area contributed by atoms with E-state index in [1.54, 1.807) is 18.2 Å². The fourth-order valence-electron chi connectivity index (χ4n) is 3.56. The largest absolute Gasteiger partial charge is 0.495 e. The number of hydrogen-bond donors (Lipinski definition) is 1. The van der Waals surface area contributed by atoms with Crippen molar-refractivity contribution in [2.75, 3.05) is 7.11 Å². The van der Waals surface area contributed by atoms with Gasteiger partial charge in [-0.2, -0.15) is 0 Å². The molecule has 0 bridgehead atoms. The van der Waals surface area contributed by atoms with Crippen molar-refractivity contribution in [1.29, 1.82) is 0 Å². The summed E-state index contributed by atoms with van der Waals surface area (Å²) in [6.45, 7) is 4.10. The molecule has 1 N–H and O–H groups in total. The Bertz CT molecular complexity index is 921. The molecule has 0 aromatic heterocycles. The molecule has 29 heavy (non-hydrogen) atoms. The Balaban J connectivity index is 2.16. The van der Waals surface area contributed by atoms with Crippen LogP contribution in [0.5, 0.6) is 5.75 Å². The van der Waals surface area contributed by atoms with Crippen molar-refractivity contribution < 1.29 is 23.8 Å². The van der Waals surface area contributed by atoms with E-state index in [0.29, 0.717) is 17.2 Å². The van der Waals surface area contributed by atoms with Crippen molar-refractivity contribution in [2.45, 2.75) is 44.8 Å². The normalized spacial score (nSPS) is 19.6. The summed E-state index contributed by atoms with van der Waals surface area (Å²) in [5, 5.41) is 10.3. The molecule has 2 unspecified atom stereocenters. The summed E-state index contributed by atoms with van der Waals surface area (Å²) in [5.74, 6) is -0.117. The number of ether oxygens (including phenoxy) is 2. The minimum absolute atomic E-state index is 0.0111. The van der Waals surface area contributed by atoms with Crippen LogP contribution in [0.1, 0.15) is 43.7 Å². The quantitative estimate of drug-likeness (QED) is 0.664. The Morgan fingerprint density at radius 2 is 2.00 bits per heavy atom. The maximum absolute atomic E-state index is 13.5. The van der Waals surface area contributed by atoms with Crippen LogP contribution in [-0.2, 0) is 9.53 Å². The van der Waals surface area contributed by atoms with Gasteiger partial charge in [-0.1, -0.05) is 43.7 Å². The molecule has 4 nitrogen and oxygen atoms in total. The monoisotopic (exact) mass is 418 g/mol. The molecule has 0 aliphatic carbocycles. The Morgan fingerprint density at radius 1 is 1.31 bits per heavy atom. The van der Waals surface area contributed by atoms with Gasteiger partial charge >= 0.3 is 5.97 Å². The van der Waals surface area contributed by atoms with Crippen LogP contribution >= 0.6 is 11.6 Å². The van der Waals surface area contributed by atoms with Crippen molar-refractivity contribution in [2.24, 2.45) is 0 Å². The first-order chi connectivity index (χ1) is 13.8. The lowest BCUT2D eigenvalue weighted by Gasteiger charge is -2.24. The van der Waals surface area contributed by atoms with Gasteiger partial charge in [-0.25, -0.2) is 4.39 Å². The fourth-order valence-corrected chi connectivity index (χ4v) is 3.85. The molecule has 1 fully saturated rings. The maximum Gasteiger partial charge on any atom is 0.309 e. The van der Waals surface area contributed by atoms with Crippen LogP contribution in [0.2, 0.25) is 5.02 Å². The number of halogens is 2. The molecule has 2 atom stereocenters. The second-order valence-electron chi connectivity index (χ2n) is 7.41. The minimum Gasteiger partial charge on any atom is -0.495 e. The van der Waals surface area contributed by atoms with Crippen LogP contribution in [0.15, 0.2) is 36.4 Å². The number of benzene rings is 2. The van der Waals surface area contributed by atoms with Crippen molar-refractivity contribution in [1.82, 2.24) is 0 Å². The molecular formula is C23H24ClFO4. The van der Waals surface area contributed by atoms with E-state index in [4.69, 9.17) is 21.1 Å². The number of carbonyl (C=O) groups is 1. The number of rotatable bonds is 5. The molecule has 0 spiro atoms. The predicted molar refractivity (Wildman–Crippen MR) is 112 cm³/mol. The lowest BCUT2D eigenvalue weighted by atomic mass is 9.88. The van der Waals surface area contributed by atoms with Crippen LogP contribution in [0.4, 0.5) is 4.39 Å². The summed E-state index contributed by atoms with van der Waals surface area (Å²) >= 11 is 6.49. The predicted octanol–water partition coefficient (Wildman–Crippen LogP) is 5.36. The number of cyclic esters (lactones) is 1. The molecule has 0 radical (unpaired) electrons. The molecule has 1 aliphatic rings. The zero-order valence-electron chi connectivity index (χ0n) is 16.6. The van der Waals surface area contributed by atoms with Crippen LogP contribution in [0.3, 0.4) is 0 Å². The smallest absolute Gasteiger partial charge is 0.309 e. The molecule has 1 heterocycles. The average Bonchev–Trinajstić information content (AvgIpc) is 2.66. The standard InChI is InChI=1S/C23H24ClFO4/c1-13(2)19-12-20(24)23(28-3)22(14-4-6-15(25)7-5-14)18(19)9-8-17-10-16(26)11-21(27)29-17/h4-9,12-13,16-17,26H,10-11H2,1-3H3. The lowest BCUT2D eigenvalue weighted by molar-refractivity contribution is -0.156. The van der Waals surface area contributed by atoms with Gasteiger partial charge in [0.15, 0.2) is 0 Å². The summed E-state index contributed by atoms with van der Waals surface area (Å²) in [7, 11) is 1.54. The highest BCUT2D eigenvalue weighted by atomic mass is 35.5. The summed E-state index contributed by atoms with van der Waals surface area (Å²) < 4.78 is 24.4. The van der Waals surface area contributed by atoms with Crippen LogP contribution in [0.25, 0.3) is 17.2 Å². The fraction of sp³-hybridized carbons (Fsp3) is 0.348. The Morgan fingerprint density at radius 3 is 2.59 bits per heavy atom. The van der Waals surface area contributed by atoms with E-state index in [2.05, 4.69) is 0 Å². The van der Waals surface area contributed by atoms with Gasteiger partial charge in [0.25, 0.3) is 0 Å². The number of aliphatic hydroxyl groups is 1. The number of esters is 1. The van der Waals surface area contributed by atoms with E-state index in [9.17, 15) is 14.3 Å². The second-order valence-corrected chi connectivity index (χ2v) is 7.82. The van der Waals surface area contributed by atoms with E-state index in [0.717, 1.165) is 22.3 Å². The second kappa shape index (κ2) is 8.97. The maximum atomic E-state index is 13.5. The van der Waals surface area contributed by atoms with Gasteiger partial charge in [0.1, 0.15) is 17.7 Å². The van der Waals surface area contributed by atoms with Crippen molar-refractivity contribution >= 4 is 23.6 Å². The van der Waals surface area contributed by atoms with Crippen LogP contribution in [0, 0.1) is 5.82 Å². The molecule has 3 rings (SSSR count). The van der Waals surface area contributed by atoms with Gasteiger partial charge in [0.2, 0.25) is 0 Å². The Labute approximate surface area is 174 Å². The molecule has 0 amide bonds. The van der Waals surface area contributed by atoms with Crippen LogP contribution in [-0.4, -0.2) is 30.4 Å². The highest BCUT2D eigenvalue weighted by Gasteiger charge is 2.26. The first-order valence-corrected chi connectivity index (χ1v) is 9.90. The van der Waals surface area contributed by atoms with Crippen molar-refractivity contribution in [3.05, 3.63) is 58.4 Å². The van der Waals surface area contributed by atoms with E-state index in [1.807, 2.05) is 26.0 Å². The summed E-state index contributed by atoms with van der Waals surface area (Å²) in [5.41, 5.74) is 3.33. The van der Waals surface area contributed by atoms with Gasteiger partial charge in [-0.15, -0.1) is 0 Å². The van der Waals surface area contributed by atoms with Crippen molar-refractivity contribution in [3.63, 3.8) is 0 Å². The minimum atomic E-state index is -0.716. The third-order valence-corrected chi connectivity index (χ3v) is 5.21. The van der Waals surface area contributed by atoms with Gasteiger partial charge in [-0.05, 0) is 46.9 Å². The molecular weight excluding hydrogens is 395 g/mol. The topological polar surface area (TPSA) is 55.8 Å². The number of hydrogen-bond acceptors (Lipinski definition) is 4. The van der Waals surface area contributed by atoms with Gasteiger partial charge < -0.3 is 14.6 Å². The highest BCUT2D eigenvalue weighted by molar-refractivity contribution is 6.32. The van der Waals surface area contributed by atoms with E-state index < -0.39 is 18.2 Å². The van der Waals surface area contributed by atoms with Gasteiger partial charge in [0, 0.05) is 12.0 Å². The summed E-state index contributed by atoms with van der Waals surface area (Å²) in [4.78, 5) is 11.6. The third kappa shape index (κ3) is 4.80. The van der Waals surface area contributed by atoms with E-state index in [-0.39, 0.29) is 18.2 Å². The first-order valence-electron chi connectivity index (χ1n) is 9.52. The lowest BCUT2D eigenvalue weighted by Crippen LogP contribution is -2.31. The SMILES string of the molecule is COc1c(Cl)cc(C(C)C)c(C=CC2CC(O)CC(=O)O2)c1-c1ccc(F)cc1.